The van der Waals surface area contributed by atoms with E-state index >= 15 is 0 Å². The van der Waals surface area contributed by atoms with E-state index < -0.39 is 5.82 Å². The third kappa shape index (κ3) is 2.57. The second-order valence-electron chi connectivity index (χ2n) is 6.14. The number of hydrogen-bond donors (Lipinski definition) is 0. The number of morpholine rings is 1. The average molecular weight is 315 g/mol. The molecule has 6 heteroatoms. The lowest BCUT2D eigenvalue weighted by Crippen LogP contribution is -2.55. The van der Waals surface area contributed by atoms with E-state index in [1.165, 1.54) is 18.3 Å². The van der Waals surface area contributed by atoms with Crippen molar-refractivity contribution < 1.29 is 13.9 Å². The molecular weight excluding hydrogens is 297 g/mol. The number of carbonyl (C=O) groups excluding carboxylic acids is 1. The number of amides is 1. The fourth-order valence-corrected chi connectivity index (χ4v) is 3.65. The quantitative estimate of drug-likeness (QED) is 0.811. The van der Waals surface area contributed by atoms with Gasteiger partial charge in [0.1, 0.15) is 5.82 Å². The lowest BCUT2D eigenvalue weighted by Gasteiger charge is -2.43. The molecule has 1 saturated heterocycles. The second kappa shape index (κ2) is 5.85. The van der Waals surface area contributed by atoms with Crippen LogP contribution in [-0.2, 0) is 4.74 Å². The van der Waals surface area contributed by atoms with Crippen LogP contribution in [0.4, 0.5) is 4.39 Å². The molecule has 120 valence electrons. The first kappa shape index (κ1) is 14.5. The van der Waals surface area contributed by atoms with Crippen LogP contribution in [0.5, 0.6) is 0 Å². The monoisotopic (exact) mass is 315 g/mol. The van der Waals surface area contributed by atoms with Crippen molar-refractivity contribution in [3.8, 4) is 0 Å². The molecule has 2 atom stereocenters. The van der Waals surface area contributed by atoms with Crippen LogP contribution in [-0.4, -0.2) is 46.1 Å². The van der Waals surface area contributed by atoms with Crippen molar-refractivity contribution >= 4 is 16.9 Å². The molecule has 1 amide bonds. The predicted octanol–water partition coefficient (Wildman–Crippen LogP) is 2.55. The molecule has 2 unspecified atom stereocenters. The maximum absolute atomic E-state index is 14.4. The first-order valence-corrected chi connectivity index (χ1v) is 8.07. The molecule has 2 fully saturated rings. The third-order valence-corrected chi connectivity index (χ3v) is 4.78. The molecule has 0 bridgehead atoms. The summed E-state index contributed by atoms with van der Waals surface area (Å²) in [6, 6.07) is 2.85. The molecule has 4 rings (SSSR count). The Labute approximate surface area is 133 Å². The highest BCUT2D eigenvalue weighted by molar-refractivity contribution is 5.97. The number of nitrogens with zero attached hydrogens (tertiary/aromatic N) is 3. The fourth-order valence-electron chi connectivity index (χ4n) is 3.65. The van der Waals surface area contributed by atoms with Gasteiger partial charge in [0.15, 0.2) is 0 Å². The number of fused-ring (bicyclic) bond motifs is 2. The van der Waals surface area contributed by atoms with Crippen LogP contribution in [0.3, 0.4) is 0 Å². The number of rotatable bonds is 1. The van der Waals surface area contributed by atoms with Crippen molar-refractivity contribution in [2.75, 3.05) is 13.2 Å². The molecule has 1 saturated carbocycles. The Bertz CT molecular complexity index is 750. The Hall–Kier alpha value is -2.08. The summed E-state index contributed by atoms with van der Waals surface area (Å²) < 4.78 is 20.2. The molecular formula is C17H18FN3O2. The van der Waals surface area contributed by atoms with Gasteiger partial charge < -0.3 is 9.64 Å². The summed E-state index contributed by atoms with van der Waals surface area (Å²) in [6.45, 7) is 1.03. The fraction of sp³-hybridized carbons (Fsp3) is 0.471. The van der Waals surface area contributed by atoms with Gasteiger partial charge in [-0.15, -0.1) is 0 Å². The number of carbonyl (C=O) groups is 1. The minimum atomic E-state index is -0.540. The minimum Gasteiger partial charge on any atom is -0.374 e. The molecule has 2 aliphatic rings. The standard InChI is InChI=1S/C17H18FN3O2/c18-12-10-14-13(19-5-6-20-14)9-11(12)17(22)21-7-8-23-16-4-2-1-3-15(16)21/h5-6,9-10,15-16H,1-4,7-8H2. The Kier molecular flexibility index (Phi) is 3.69. The van der Waals surface area contributed by atoms with E-state index in [2.05, 4.69) is 9.97 Å². The van der Waals surface area contributed by atoms with Gasteiger partial charge >= 0.3 is 0 Å². The lowest BCUT2D eigenvalue weighted by atomic mass is 9.89. The van der Waals surface area contributed by atoms with Crippen molar-refractivity contribution in [2.45, 2.75) is 37.8 Å². The van der Waals surface area contributed by atoms with Crippen LogP contribution < -0.4 is 0 Å². The maximum atomic E-state index is 14.4. The number of ether oxygens (including phenoxy) is 1. The van der Waals surface area contributed by atoms with Gasteiger partial charge in [0.05, 0.1) is 35.3 Å². The Morgan fingerprint density at radius 2 is 1.91 bits per heavy atom. The van der Waals surface area contributed by atoms with Crippen molar-refractivity contribution in [1.82, 2.24) is 14.9 Å². The molecule has 0 radical (unpaired) electrons. The van der Waals surface area contributed by atoms with Gasteiger partial charge in [-0.3, -0.25) is 14.8 Å². The lowest BCUT2D eigenvalue weighted by molar-refractivity contribution is -0.0753. The molecule has 0 spiro atoms. The maximum Gasteiger partial charge on any atom is 0.257 e. The highest BCUT2D eigenvalue weighted by Gasteiger charge is 2.37. The number of hydrogen-bond acceptors (Lipinski definition) is 4. The largest absolute Gasteiger partial charge is 0.374 e. The molecule has 23 heavy (non-hydrogen) atoms. The molecule has 2 aromatic rings. The molecule has 5 nitrogen and oxygen atoms in total. The van der Waals surface area contributed by atoms with E-state index in [0.29, 0.717) is 24.2 Å². The van der Waals surface area contributed by atoms with Crippen molar-refractivity contribution in [3.05, 3.63) is 35.9 Å². The highest BCUT2D eigenvalue weighted by Crippen LogP contribution is 2.30. The summed E-state index contributed by atoms with van der Waals surface area (Å²) >= 11 is 0. The van der Waals surface area contributed by atoms with Crippen LogP contribution in [0.25, 0.3) is 11.0 Å². The van der Waals surface area contributed by atoms with Crippen LogP contribution in [0, 0.1) is 5.82 Å². The predicted molar refractivity (Wildman–Crippen MR) is 82.5 cm³/mol. The van der Waals surface area contributed by atoms with Gasteiger partial charge in [0.2, 0.25) is 0 Å². The van der Waals surface area contributed by atoms with E-state index in [1.807, 2.05) is 0 Å². The molecule has 1 aromatic carbocycles. The zero-order valence-electron chi connectivity index (χ0n) is 12.7. The SMILES string of the molecule is O=C(c1cc2nccnc2cc1F)N1CCOC2CCCCC21. The summed E-state index contributed by atoms with van der Waals surface area (Å²) in [4.78, 5) is 22.9. The normalized spacial score (nSPS) is 24.5. The van der Waals surface area contributed by atoms with Gasteiger partial charge in [0.25, 0.3) is 5.91 Å². The van der Waals surface area contributed by atoms with E-state index in [0.717, 1.165) is 25.7 Å². The zero-order chi connectivity index (χ0) is 15.8. The van der Waals surface area contributed by atoms with Gasteiger partial charge in [-0.1, -0.05) is 12.8 Å². The number of halogens is 1. The summed E-state index contributed by atoms with van der Waals surface area (Å²) in [7, 11) is 0. The smallest absolute Gasteiger partial charge is 0.257 e. The topological polar surface area (TPSA) is 55.3 Å². The van der Waals surface area contributed by atoms with E-state index in [4.69, 9.17) is 4.74 Å². The summed E-state index contributed by atoms with van der Waals surface area (Å²) in [5, 5.41) is 0. The molecule has 1 aliphatic carbocycles. The highest BCUT2D eigenvalue weighted by atomic mass is 19.1. The summed E-state index contributed by atoms with van der Waals surface area (Å²) in [5.41, 5.74) is 1.06. The van der Waals surface area contributed by atoms with E-state index in [9.17, 15) is 9.18 Å². The van der Waals surface area contributed by atoms with Gasteiger partial charge in [-0.05, 0) is 18.9 Å². The Morgan fingerprint density at radius 3 is 2.74 bits per heavy atom. The second-order valence-corrected chi connectivity index (χ2v) is 6.14. The van der Waals surface area contributed by atoms with Crippen molar-refractivity contribution in [1.29, 1.82) is 0 Å². The molecule has 1 aromatic heterocycles. The van der Waals surface area contributed by atoms with Crippen molar-refractivity contribution in [2.24, 2.45) is 0 Å². The van der Waals surface area contributed by atoms with Crippen LogP contribution >= 0.6 is 0 Å². The van der Waals surface area contributed by atoms with E-state index in [1.54, 1.807) is 11.1 Å². The zero-order valence-corrected chi connectivity index (χ0v) is 12.7. The Morgan fingerprint density at radius 1 is 1.17 bits per heavy atom. The number of benzene rings is 1. The molecule has 0 N–H and O–H groups in total. The summed E-state index contributed by atoms with van der Waals surface area (Å²) in [6.07, 6.45) is 7.25. The first-order chi connectivity index (χ1) is 11.2. The minimum absolute atomic E-state index is 0.0574. The van der Waals surface area contributed by atoms with Crippen LogP contribution in [0.2, 0.25) is 0 Å². The molecule has 2 heterocycles. The first-order valence-electron chi connectivity index (χ1n) is 8.07. The van der Waals surface area contributed by atoms with Gasteiger partial charge in [-0.25, -0.2) is 4.39 Å². The van der Waals surface area contributed by atoms with Gasteiger partial charge in [0, 0.05) is 25.0 Å². The van der Waals surface area contributed by atoms with E-state index in [-0.39, 0.29) is 23.6 Å². The van der Waals surface area contributed by atoms with Crippen LogP contribution in [0.1, 0.15) is 36.0 Å². The third-order valence-electron chi connectivity index (χ3n) is 4.78. The Balaban J connectivity index is 1.69. The average Bonchev–Trinajstić information content (AvgIpc) is 2.60. The van der Waals surface area contributed by atoms with Crippen molar-refractivity contribution in [3.63, 3.8) is 0 Å². The van der Waals surface area contributed by atoms with Crippen LogP contribution in [0.15, 0.2) is 24.5 Å². The summed E-state index contributed by atoms with van der Waals surface area (Å²) in [5.74, 6) is -0.808. The molecule has 1 aliphatic heterocycles. The van der Waals surface area contributed by atoms with Gasteiger partial charge in [-0.2, -0.15) is 0 Å². The number of aromatic nitrogens is 2.